The zero-order valence-corrected chi connectivity index (χ0v) is 50.6. The first-order valence-corrected chi connectivity index (χ1v) is 29.7. The quantitative estimate of drug-likeness (QED) is 0.0339. The van der Waals surface area contributed by atoms with Crippen LogP contribution in [0, 0.1) is 17.5 Å². The fourth-order valence-electron chi connectivity index (χ4n) is 9.59. The Morgan fingerprint density at radius 3 is 1.43 bits per heavy atom. The van der Waals surface area contributed by atoms with E-state index in [-0.39, 0.29) is 40.0 Å². The van der Waals surface area contributed by atoms with Gasteiger partial charge in [-0.05, 0) is 111 Å². The van der Waals surface area contributed by atoms with Gasteiger partial charge in [-0.25, -0.2) is 43.1 Å². The molecule has 11 N–H and O–H groups in total. The lowest BCUT2D eigenvalue weighted by Gasteiger charge is -2.23. The number of amides is 6. The molecule has 1 saturated heterocycles. The van der Waals surface area contributed by atoms with Crippen LogP contribution in [0.1, 0.15) is 96.6 Å². The maximum absolute atomic E-state index is 14.7. The molecule has 1 aliphatic heterocycles. The normalized spacial score (nSPS) is 13.5. The molecule has 6 aromatic carbocycles. The van der Waals surface area contributed by atoms with E-state index >= 15 is 0 Å². The van der Waals surface area contributed by atoms with Crippen molar-refractivity contribution in [3.8, 4) is 0 Å². The van der Waals surface area contributed by atoms with Crippen molar-refractivity contribution in [2.75, 3.05) is 49.1 Å². The Balaban J connectivity index is 0.000000170. The molecule has 0 aliphatic carbocycles. The first-order valence-electron chi connectivity index (χ1n) is 29.7. The van der Waals surface area contributed by atoms with Crippen LogP contribution in [-0.4, -0.2) is 99.6 Å². The van der Waals surface area contributed by atoms with E-state index in [9.17, 15) is 41.9 Å². The number of carbonyl (C=O) groups excluding carboxylic acids is 6. The topological polar surface area (TPSA) is 332 Å². The molecule has 93 heavy (non-hydrogen) atoms. The van der Waals surface area contributed by atoms with E-state index in [1.165, 1.54) is 67.5 Å². The molecule has 0 bridgehead atoms. The third-order valence-electron chi connectivity index (χ3n) is 14.5. The average Bonchev–Trinajstić information content (AvgIpc) is 1.85. The van der Waals surface area contributed by atoms with Crippen LogP contribution in [0.15, 0.2) is 171 Å². The summed E-state index contributed by atoms with van der Waals surface area (Å²) in [6.07, 6.45) is 9.96. The Morgan fingerprint density at radius 2 is 0.978 bits per heavy atom. The van der Waals surface area contributed by atoms with Gasteiger partial charge in [-0.3, -0.25) is 33.3 Å². The van der Waals surface area contributed by atoms with Gasteiger partial charge < -0.3 is 58.0 Å². The van der Waals surface area contributed by atoms with E-state index in [0.717, 1.165) is 25.3 Å². The van der Waals surface area contributed by atoms with Gasteiger partial charge in [0.1, 0.15) is 53.9 Å². The number of imidazole rings is 2. The van der Waals surface area contributed by atoms with Crippen molar-refractivity contribution < 1.29 is 46.7 Å². The van der Waals surface area contributed by atoms with E-state index in [2.05, 4.69) is 77.4 Å². The number of H-pyrrole nitrogens is 1. The van der Waals surface area contributed by atoms with E-state index in [1.54, 1.807) is 98.2 Å². The van der Waals surface area contributed by atoms with Gasteiger partial charge in [0.25, 0.3) is 17.7 Å². The van der Waals surface area contributed by atoms with Crippen molar-refractivity contribution in [1.29, 1.82) is 0 Å². The molecular formula is C66H66F3N17O7. The number of nitrogens with one attached hydrogen (secondary N) is 9. The molecule has 478 valence electrons. The number of rotatable bonds is 20. The van der Waals surface area contributed by atoms with E-state index < -0.39 is 71.0 Å². The number of fused-ring (bicyclic) bond motifs is 2. The summed E-state index contributed by atoms with van der Waals surface area (Å²) < 4.78 is 51.2. The number of ether oxygens (including phenoxy) is 1. The second kappa shape index (κ2) is 31.8. The Bertz CT molecular complexity index is 4230. The number of benzene rings is 6. The van der Waals surface area contributed by atoms with Crippen molar-refractivity contribution in [3.63, 3.8) is 0 Å². The molecule has 4 aromatic heterocycles. The first kappa shape index (κ1) is 66.0. The minimum atomic E-state index is -0.745. The van der Waals surface area contributed by atoms with E-state index in [1.807, 2.05) is 24.5 Å². The molecule has 0 saturated carbocycles. The highest BCUT2D eigenvalue weighted by atomic mass is 19.1. The van der Waals surface area contributed by atoms with Gasteiger partial charge in [0.05, 0.1) is 52.4 Å². The lowest BCUT2D eigenvalue weighted by molar-refractivity contribution is -0.118. The van der Waals surface area contributed by atoms with Gasteiger partial charge in [0.2, 0.25) is 17.7 Å². The van der Waals surface area contributed by atoms with Crippen LogP contribution in [-0.2, 0) is 19.1 Å². The summed E-state index contributed by atoms with van der Waals surface area (Å²) in [4.78, 5) is 104. The molecule has 1 unspecified atom stereocenters. The number of anilines is 8. The highest BCUT2D eigenvalue weighted by Crippen LogP contribution is 2.30. The maximum Gasteiger partial charge on any atom is 0.260 e. The summed E-state index contributed by atoms with van der Waals surface area (Å²) in [5, 5.41) is 22.0. The summed E-state index contributed by atoms with van der Waals surface area (Å²) in [6.45, 7) is 6.10. The molecule has 0 radical (unpaired) electrons. The van der Waals surface area contributed by atoms with Crippen LogP contribution in [0.25, 0.3) is 22.3 Å². The zero-order chi connectivity index (χ0) is 65.8. The molecule has 1 aliphatic rings. The summed E-state index contributed by atoms with van der Waals surface area (Å²) in [5.74, 6) is -4.74. The van der Waals surface area contributed by atoms with Crippen LogP contribution < -0.4 is 48.3 Å². The Morgan fingerprint density at radius 1 is 0.527 bits per heavy atom. The smallest absolute Gasteiger partial charge is 0.260 e. The predicted octanol–water partition coefficient (Wildman–Crippen LogP) is 11.1. The minimum Gasteiger partial charge on any atom is -0.358 e. The van der Waals surface area contributed by atoms with Crippen LogP contribution in [0.5, 0.6) is 0 Å². The third kappa shape index (κ3) is 16.9. The van der Waals surface area contributed by atoms with Crippen molar-refractivity contribution in [2.24, 2.45) is 5.73 Å². The zero-order valence-electron chi connectivity index (χ0n) is 50.6. The van der Waals surface area contributed by atoms with Gasteiger partial charge in [0, 0.05) is 23.7 Å². The predicted molar refractivity (Wildman–Crippen MR) is 348 cm³/mol. The molecule has 10 aromatic rings. The lowest BCUT2D eigenvalue weighted by Crippen LogP contribution is -2.35. The average molecular weight is 1270 g/mol. The number of nitrogens with two attached hydrogens (primary N) is 1. The molecule has 5 heterocycles. The Kier molecular flexibility index (Phi) is 22.6. The largest absolute Gasteiger partial charge is 0.358 e. The second-order valence-electron chi connectivity index (χ2n) is 20.8. The highest BCUT2D eigenvalue weighted by molar-refractivity contribution is 6.13. The number of nitrogens with zero attached hydrogens (tertiary/aromatic N) is 7. The van der Waals surface area contributed by atoms with Crippen LogP contribution in [0.4, 0.5) is 58.9 Å². The standard InChI is InChI=1S/C27H28FN7O3.C22H20FN7O2.C17H18FN3O2/c1-2-19(33-24-23-25(30-15-29-24)35(16-31-23)21-13-6-7-14-38-21)26(36)34-20-12-8-11-18(28)22(20)27(37)32-17-9-4-3-5-10-17;1-2-15(29-20-18-19(25-11-24-18)26-12-27-20)21(31)30-16-10-6-9-14(23)17(16)22(32)28-13-7-4-3-5-8-13;1-2-13(19)16(22)21-14-10-6-9-12(18)15(14)17(23)20-11-7-4-3-5-8-11/h3-5,8-12,15-16,19,21H,2,6-7,13-14H2,1H3,(H,32,37)(H,34,36)(H,29,30,33);3-12,15H,2H2,1H3,(H,28,32)(H,30,31)(H2,24,25,26,27,29);3-10,13H,2,19H2,1H3,(H,20,23)(H,21,22)/t19-,21?;15-;13-/m000/s1. The second-order valence-corrected chi connectivity index (χ2v) is 20.8. The van der Waals surface area contributed by atoms with Gasteiger partial charge >= 0.3 is 0 Å². The Hall–Kier alpha value is -11.5. The van der Waals surface area contributed by atoms with Crippen molar-refractivity contribution >= 4 is 104 Å². The number of aromatic amines is 1. The summed E-state index contributed by atoms with van der Waals surface area (Å²) in [7, 11) is 0. The fourth-order valence-corrected chi connectivity index (χ4v) is 9.59. The minimum absolute atomic E-state index is 0.0650. The van der Waals surface area contributed by atoms with Gasteiger partial charge in [-0.15, -0.1) is 0 Å². The van der Waals surface area contributed by atoms with Crippen LogP contribution in [0.2, 0.25) is 0 Å². The molecule has 11 rings (SSSR count). The molecular weight excluding hydrogens is 1200 g/mol. The van der Waals surface area contributed by atoms with Crippen LogP contribution >= 0.6 is 0 Å². The SMILES string of the molecule is CC[C@H](N)C(=O)Nc1cccc(F)c1C(=O)Nc1ccccc1.CC[C@H](Nc1ncnc2c1ncn2C1CCCCO1)C(=O)Nc1cccc(F)c1C(=O)Nc1ccccc1.CC[C@H](Nc1ncnc2nc[nH]c12)C(=O)Nc1cccc(F)c1C(=O)Nc1ccccc1. The van der Waals surface area contributed by atoms with Gasteiger partial charge in [0.15, 0.2) is 28.4 Å². The molecule has 6 amide bonds. The first-order chi connectivity index (χ1) is 45.1. The van der Waals surface area contributed by atoms with E-state index in [0.29, 0.717) is 76.9 Å². The summed E-state index contributed by atoms with van der Waals surface area (Å²) in [5.41, 5.74) is 8.83. The van der Waals surface area contributed by atoms with Crippen molar-refractivity contribution in [3.05, 3.63) is 205 Å². The lowest BCUT2D eigenvalue weighted by atomic mass is 10.1. The molecule has 0 spiro atoms. The van der Waals surface area contributed by atoms with Gasteiger partial charge in [-0.2, -0.15) is 0 Å². The van der Waals surface area contributed by atoms with Gasteiger partial charge in [-0.1, -0.05) is 93.6 Å². The molecule has 1 fully saturated rings. The number of para-hydroxylation sites is 3. The summed E-state index contributed by atoms with van der Waals surface area (Å²) in [6, 6.07) is 36.1. The molecule has 4 atom stereocenters. The number of aromatic nitrogens is 8. The summed E-state index contributed by atoms with van der Waals surface area (Å²) >= 11 is 0. The maximum atomic E-state index is 14.7. The van der Waals surface area contributed by atoms with Crippen molar-refractivity contribution in [2.45, 2.75) is 83.6 Å². The number of hydrogen-bond acceptors (Lipinski definition) is 16. The van der Waals surface area contributed by atoms with E-state index in [4.69, 9.17) is 10.5 Å². The van der Waals surface area contributed by atoms with Crippen LogP contribution in [0.3, 0.4) is 0 Å². The Labute approximate surface area is 531 Å². The number of carbonyl (C=O) groups is 6. The third-order valence-corrected chi connectivity index (χ3v) is 14.5. The van der Waals surface area contributed by atoms with Crippen molar-refractivity contribution in [1.82, 2.24) is 39.5 Å². The monoisotopic (exact) mass is 1270 g/mol. The molecule has 27 heteroatoms. The molecule has 24 nitrogen and oxygen atoms in total. The number of halogens is 3. The number of hydrogen-bond donors (Lipinski definition) is 10. The highest BCUT2D eigenvalue weighted by Gasteiger charge is 2.28. The fraction of sp³-hybridized carbons (Fsp3) is 0.212.